The molecule has 0 bridgehead atoms. The first-order valence-corrected chi connectivity index (χ1v) is 8.20. The summed E-state index contributed by atoms with van der Waals surface area (Å²) in [6, 6.07) is 12.0. The van der Waals surface area contributed by atoms with Crippen LogP contribution in [0, 0.1) is 13.8 Å². The second kappa shape index (κ2) is 7.01. The van der Waals surface area contributed by atoms with E-state index in [1.165, 1.54) is 23.0 Å². The number of nitrogens with zero attached hydrogens (tertiary/aromatic N) is 2. The van der Waals surface area contributed by atoms with Gasteiger partial charge in [-0.2, -0.15) is 0 Å². The predicted molar refractivity (Wildman–Crippen MR) is 102 cm³/mol. The summed E-state index contributed by atoms with van der Waals surface area (Å²) in [6.45, 7) is 3.73. The summed E-state index contributed by atoms with van der Waals surface area (Å²) in [7, 11) is 0. The zero-order valence-corrected chi connectivity index (χ0v) is 14.9. The summed E-state index contributed by atoms with van der Waals surface area (Å²) in [4.78, 5) is 28.1. The number of aliphatic imine (C=N–C) groups is 1. The molecule has 6 nitrogen and oxygen atoms in total. The third kappa shape index (κ3) is 3.45. The molecule has 1 heterocycles. The highest BCUT2D eigenvalue weighted by Gasteiger charge is 2.12. The Kier molecular flexibility index (Phi) is 4.77. The Morgan fingerprint density at radius 1 is 1.23 bits per heavy atom. The van der Waals surface area contributed by atoms with E-state index in [1.807, 2.05) is 31.2 Å². The first-order chi connectivity index (χ1) is 12.4. The number of hydrogen-bond acceptors (Lipinski definition) is 3. The number of carbonyl (C=O) groups is 1. The molecule has 0 saturated heterocycles. The highest BCUT2D eigenvalue weighted by atomic mass is 35.5. The van der Waals surface area contributed by atoms with E-state index < -0.39 is 5.97 Å². The number of carboxylic acids is 1. The van der Waals surface area contributed by atoms with Gasteiger partial charge < -0.3 is 5.11 Å². The number of aryl methyl sites for hydroxylation is 2. The van der Waals surface area contributed by atoms with E-state index in [9.17, 15) is 9.59 Å². The van der Waals surface area contributed by atoms with E-state index in [-0.39, 0.29) is 16.1 Å². The molecule has 0 spiro atoms. The highest BCUT2D eigenvalue weighted by molar-refractivity contribution is 6.33. The number of rotatable bonds is 4. The van der Waals surface area contributed by atoms with Crippen molar-refractivity contribution < 1.29 is 9.90 Å². The summed E-state index contributed by atoms with van der Waals surface area (Å²) in [6.07, 6.45) is 1.43. The number of aromatic amines is 1. The molecule has 26 heavy (non-hydrogen) atoms. The van der Waals surface area contributed by atoms with Crippen molar-refractivity contribution in [2.75, 3.05) is 0 Å². The van der Waals surface area contributed by atoms with E-state index in [2.05, 4.69) is 10.1 Å². The van der Waals surface area contributed by atoms with E-state index in [0.29, 0.717) is 16.9 Å². The van der Waals surface area contributed by atoms with Crippen molar-refractivity contribution in [3.8, 4) is 5.69 Å². The standard InChI is InChI=1S/C19H16ClN3O3/c1-11-4-3-5-14(8-11)23-18(24)16(12(2)22-23)10-21-13-6-7-17(20)15(9-13)19(25)26/h3-10,22H,1-2H3,(H,25,26). The van der Waals surface area contributed by atoms with Crippen LogP contribution < -0.4 is 5.56 Å². The molecule has 3 aromatic rings. The van der Waals surface area contributed by atoms with E-state index >= 15 is 0 Å². The van der Waals surface area contributed by atoms with Gasteiger partial charge in [-0.3, -0.25) is 14.9 Å². The second-order valence-corrected chi connectivity index (χ2v) is 6.26. The molecule has 3 rings (SSSR count). The number of aromatic nitrogens is 2. The fourth-order valence-corrected chi connectivity index (χ4v) is 2.76. The van der Waals surface area contributed by atoms with Gasteiger partial charge in [-0.15, -0.1) is 0 Å². The minimum atomic E-state index is -1.13. The molecule has 1 aromatic heterocycles. The number of nitrogens with one attached hydrogen (secondary N) is 1. The lowest BCUT2D eigenvalue weighted by Gasteiger charge is -2.02. The van der Waals surface area contributed by atoms with Gasteiger partial charge in [0.25, 0.3) is 5.56 Å². The van der Waals surface area contributed by atoms with Gasteiger partial charge in [0.1, 0.15) is 0 Å². The van der Waals surface area contributed by atoms with Gasteiger partial charge in [-0.1, -0.05) is 23.7 Å². The molecule has 132 valence electrons. The summed E-state index contributed by atoms with van der Waals surface area (Å²) < 4.78 is 1.45. The van der Waals surface area contributed by atoms with Crippen molar-refractivity contribution in [2.45, 2.75) is 13.8 Å². The van der Waals surface area contributed by atoms with Gasteiger partial charge in [0.05, 0.1) is 27.5 Å². The first-order valence-electron chi connectivity index (χ1n) is 7.82. The van der Waals surface area contributed by atoms with Gasteiger partial charge in [0, 0.05) is 11.9 Å². The molecule has 0 atom stereocenters. The number of hydrogen-bond donors (Lipinski definition) is 2. The van der Waals surface area contributed by atoms with Gasteiger partial charge in [-0.25, -0.2) is 9.48 Å². The Labute approximate surface area is 154 Å². The molecule has 0 fully saturated rings. The quantitative estimate of drug-likeness (QED) is 0.684. The zero-order chi connectivity index (χ0) is 18.8. The number of halogens is 1. The second-order valence-electron chi connectivity index (χ2n) is 5.86. The Hall–Kier alpha value is -3.12. The molecular weight excluding hydrogens is 354 g/mol. The van der Waals surface area contributed by atoms with Crippen LogP contribution in [0.25, 0.3) is 5.69 Å². The van der Waals surface area contributed by atoms with Crippen LogP contribution in [0.3, 0.4) is 0 Å². The van der Waals surface area contributed by atoms with Crippen LogP contribution in [-0.2, 0) is 0 Å². The van der Waals surface area contributed by atoms with E-state index in [1.54, 1.807) is 13.0 Å². The van der Waals surface area contributed by atoms with Gasteiger partial charge >= 0.3 is 5.97 Å². The number of H-pyrrole nitrogens is 1. The maximum absolute atomic E-state index is 12.7. The lowest BCUT2D eigenvalue weighted by atomic mass is 10.2. The predicted octanol–water partition coefficient (Wildman–Crippen LogP) is 3.88. The molecule has 0 aliphatic heterocycles. The largest absolute Gasteiger partial charge is 0.478 e. The Bertz CT molecular complexity index is 1080. The SMILES string of the molecule is Cc1cccc(-n2[nH]c(C)c(C=Nc3ccc(Cl)c(C(=O)O)c3)c2=O)c1. The molecule has 2 N–H and O–H groups in total. The molecule has 7 heteroatoms. The molecule has 0 unspecified atom stereocenters. The van der Waals surface area contributed by atoms with Gasteiger partial charge in [0.15, 0.2) is 0 Å². The molecule has 0 amide bonds. The number of benzene rings is 2. The fourth-order valence-electron chi connectivity index (χ4n) is 2.56. The fraction of sp³-hybridized carbons (Fsp3) is 0.105. The third-order valence-corrected chi connectivity index (χ3v) is 4.23. The minimum absolute atomic E-state index is 0.0377. The van der Waals surface area contributed by atoms with Crippen LogP contribution in [0.5, 0.6) is 0 Å². The lowest BCUT2D eigenvalue weighted by Crippen LogP contribution is -2.17. The minimum Gasteiger partial charge on any atom is -0.478 e. The zero-order valence-electron chi connectivity index (χ0n) is 14.2. The third-order valence-electron chi connectivity index (χ3n) is 3.90. The average Bonchev–Trinajstić information content (AvgIpc) is 2.88. The van der Waals surface area contributed by atoms with Crippen LogP contribution in [0.1, 0.15) is 27.2 Å². The highest BCUT2D eigenvalue weighted by Crippen LogP contribution is 2.22. The maximum Gasteiger partial charge on any atom is 0.337 e. The monoisotopic (exact) mass is 369 g/mol. The smallest absolute Gasteiger partial charge is 0.337 e. The topological polar surface area (TPSA) is 87.4 Å². The summed E-state index contributed by atoms with van der Waals surface area (Å²) in [5, 5.41) is 12.3. The Balaban J connectivity index is 1.99. The van der Waals surface area contributed by atoms with Crippen molar-refractivity contribution in [1.29, 1.82) is 0 Å². The molecule has 0 aliphatic rings. The molecule has 2 aromatic carbocycles. The van der Waals surface area contributed by atoms with Gasteiger partial charge in [0.2, 0.25) is 0 Å². The van der Waals surface area contributed by atoms with Crippen molar-refractivity contribution in [3.63, 3.8) is 0 Å². The lowest BCUT2D eigenvalue weighted by molar-refractivity contribution is 0.0697. The molecule has 0 radical (unpaired) electrons. The number of aromatic carboxylic acids is 1. The van der Waals surface area contributed by atoms with Crippen LogP contribution in [-0.4, -0.2) is 27.1 Å². The normalized spacial score (nSPS) is 11.2. The molecular formula is C19H16ClN3O3. The summed E-state index contributed by atoms with van der Waals surface area (Å²) in [5.41, 5.74) is 2.96. The van der Waals surface area contributed by atoms with Crippen molar-refractivity contribution in [3.05, 3.63) is 80.2 Å². The Morgan fingerprint density at radius 3 is 2.69 bits per heavy atom. The van der Waals surface area contributed by atoms with Crippen LogP contribution in [0.15, 0.2) is 52.3 Å². The van der Waals surface area contributed by atoms with Crippen LogP contribution >= 0.6 is 11.6 Å². The number of carboxylic acid groups (broad SMARTS) is 1. The first kappa shape index (κ1) is 17.7. The molecule has 0 aliphatic carbocycles. The van der Waals surface area contributed by atoms with E-state index in [0.717, 1.165) is 11.3 Å². The van der Waals surface area contributed by atoms with Crippen LogP contribution in [0.2, 0.25) is 5.02 Å². The van der Waals surface area contributed by atoms with Crippen molar-refractivity contribution in [2.24, 2.45) is 4.99 Å². The Morgan fingerprint density at radius 2 is 2.00 bits per heavy atom. The van der Waals surface area contributed by atoms with Crippen molar-refractivity contribution in [1.82, 2.24) is 9.78 Å². The average molecular weight is 370 g/mol. The van der Waals surface area contributed by atoms with E-state index in [4.69, 9.17) is 16.7 Å². The van der Waals surface area contributed by atoms with Crippen molar-refractivity contribution >= 4 is 29.5 Å². The van der Waals surface area contributed by atoms with Gasteiger partial charge in [-0.05, 0) is 49.7 Å². The summed E-state index contributed by atoms with van der Waals surface area (Å²) in [5.74, 6) is -1.13. The molecule has 0 saturated carbocycles. The maximum atomic E-state index is 12.7. The van der Waals surface area contributed by atoms with Crippen LogP contribution in [0.4, 0.5) is 5.69 Å². The summed E-state index contributed by atoms with van der Waals surface area (Å²) >= 11 is 5.85.